The van der Waals surface area contributed by atoms with E-state index in [0.717, 1.165) is 44.0 Å². The maximum absolute atomic E-state index is 6.25. The van der Waals surface area contributed by atoms with Gasteiger partial charge in [0.05, 0.1) is 0 Å². The first-order valence-corrected chi connectivity index (χ1v) is 17.8. The Morgan fingerprint density at radius 3 is 1.94 bits per heavy atom. The van der Waals surface area contributed by atoms with E-state index >= 15 is 0 Å². The zero-order valence-electron chi connectivity index (χ0n) is 28.7. The summed E-state index contributed by atoms with van der Waals surface area (Å²) < 4.78 is 6.25. The highest BCUT2D eigenvalue weighted by Crippen LogP contribution is 2.53. The van der Waals surface area contributed by atoms with E-state index in [9.17, 15) is 0 Å². The predicted octanol–water partition coefficient (Wildman–Crippen LogP) is 12.5. The van der Waals surface area contributed by atoms with Gasteiger partial charge in [-0.15, -0.1) is 0 Å². The van der Waals surface area contributed by atoms with Gasteiger partial charge in [-0.2, -0.15) is 0 Å². The minimum Gasteiger partial charge on any atom is -0.456 e. The van der Waals surface area contributed by atoms with Gasteiger partial charge in [-0.1, -0.05) is 147 Å². The third-order valence-corrected chi connectivity index (χ3v) is 11.1. The summed E-state index contributed by atoms with van der Waals surface area (Å²) in [5.74, 6) is 1.87. The normalized spacial score (nSPS) is 13.3. The van der Waals surface area contributed by atoms with Crippen LogP contribution < -0.4 is 0 Å². The predicted molar refractivity (Wildman–Crippen MR) is 213 cm³/mol. The van der Waals surface area contributed by atoms with E-state index in [4.69, 9.17) is 19.4 Å². The Kier molecular flexibility index (Phi) is 5.98. The number of aromatic nitrogens is 3. The first-order valence-electron chi connectivity index (χ1n) is 17.8. The number of rotatable bonds is 3. The monoisotopic (exact) mass is 665 g/mol. The van der Waals surface area contributed by atoms with E-state index < -0.39 is 0 Å². The topological polar surface area (TPSA) is 51.8 Å². The van der Waals surface area contributed by atoms with Gasteiger partial charge in [0.15, 0.2) is 17.5 Å². The standard InChI is InChI=1S/C48H31N3O/c1-48(2)37-16-8-6-13-34(37)44-38(48)26-24-29-20-19-28-21-22-31-27-32(23-25-33(31)41(28)42(29)44)46-49-45(30-11-4-3-5-12-30)50-47(51-46)36-15-10-18-40-43(36)35-14-7-9-17-39(35)52-40/h3-27H,1-2H3. The van der Waals surface area contributed by atoms with Crippen molar-refractivity contribution in [3.63, 3.8) is 0 Å². The molecular weight excluding hydrogens is 635 g/mol. The van der Waals surface area contributed by atoms with Crippen LogP contribution in [0.25, 0.3) is 99.5 Å². The first kappa shape index (κ1) is 29.1. The lowest BCUT2D eigenvalue weighted by Gasteiger charge is -2.21. The van der Waals surface area contributed by atoms with Crippen molar-refractivity contribution >= 4 is 54.3 Å². The van der Waals surface area contributed by atoms with Crippen LogP contribution in [-0.4, -0.2) is 15.0 Å². The largest absolute Gasteiger partial charge is 0.456 e. The van der Waals surface area contributed by atoms with Crippen molar-refractivity contribution < 1.29 is 4.42 Å². The van der Waals surface area contributed by atoms with Gasteiger partial charge in [0.25, 0.3) is 0 Å². The summed E-state index contributed by atoms with van der Waals surface area (Å²) in [6.45, 7) is 4.70. The minimum absolute atomic E-state index is 0.0695. The highest BCUT2D eigenvalue weighted by molar-refractivity contribution is 6.25. The van der Waals surface area contributed by atoms with E-state index in [1.165, 1.54) is 49.2 Å². The summed E-state index contributed by atoms with van der Waals surface area (Å²) in [5, 5.41) is 9.50. The summed E-state index contributed by atoms with van der Waals surface area (Å²) in [5.41, 5.74) is 9.83. The number of nitrogens with zero attached hydrogens (tertiary/aromatic N) is 3. The van der Waals surface area contributed by atoms with Crippen LogP contribution in [0.3, 0.4) is 0 Å². The second-order valence-electron chi connectivity index (χ2n) is 14.4. The van der Waals surface area contributed by atoms with Crippen LogP contribution in [0.5, 0.6) is 0 Å². The molecule has 10 aromatic rings. The zero-order chi connectivity index (χ0) is 34.6. The molecule has 1 aliphatic rings. The van der Waals surface area contributed by atoms with Crippen molar-refractivity contribution in [2.24, 2.45) is 0 Å². The molecule has 244 valence electrons. The number of hydrogen-bond acceptors (Lipinski definition) is 4. The van der Waals surface area contributed by atoms with Gasteiger partial charge in [-0.05, 0) is 72.8 Å². The van der Waals surface area contributed by atoms with Crippen molar-refractivity contribution in [3.8, 4) is 45.3 Å². The van der Waals surface area contributed by atoms with Gasteiger partial charge < -0.3 is 4.42 Å². The van der Waals surface area contributed by atoms with Crippen molar-refractivity contribution in [3.05, 3.63) is 163 Å². The molecule has 0 spiro atoms. The Balaban J connectivity index is 1.15. The van der Waals surface area contributed by atoms with Gasteiger partial charge in [-0.25, -0.2) is 15.0 Å². The van der Waals surface area contributed by atoms with Gasteiger partial charge >= 0.3 is 0 Å². The van der Waals surface area contributed by atoms with Crippen LogP contribution >= 0.6 is 0 Å². The maximum Gasteiger partial charge on any atom is 0.164 e. The van der Waals surface area contributed by atoms with Crippen LogP contribution in [0, 0.1) is 0 Å². The van der Waals surface area contributed by atoms with Crippen LogP contribution in [0.15, 0.2) is 156 Å². The smallest absolute Gasteiger partial charge is 0.164 e. The molecule has 4 heteroatoms. The third-order valence-electron chi connectivity index (χ3n) is 11.1. The number of fused-ring (bicyclic) bond motifs is 12. The Labute approximate surface area is 300 Å². The molecule has 8 aromatic carbocycles. The van der Waals surface area contributed by atoms with Crippen molar-refractivity contribution in [2.75, 3.05) is 0 Å². The molecule has 1 aliphatic carbocycles. The van der Waals surface area contributed by atoms with Crippen LogP contribution in [0.2, 0.25) is 0 Å². The quantitative estimate of drug-likeness (QED) is 0.176. The Hall–Kier alpha value is -6.65. The van der Waals surface area contributed by atoms with Crippen molar-refractivity contribution in [1.82, 2.24) is 15.0 Å². The number of para-hydroxylation sites is 1. The fourth-order valence-corrected chi connectivity index (χ4v) is 8.60. The molecule has 0 amide bonds. The van der Waals surface area contributed by atoms with E-state index in [1.807, 2.05) is 60.7 Å². The summed E-state index contributed by atoms with van der Waals surface area (Å²) in [6, 6.07) is 53.6. The molecule has 52 heavy (non-hydrogen) atoms. The Bertz CT molecular complexity index is 3100. The highest BCUT2D eigenvalue weighted by Gasteiger charge is 2.36. The van der Waals surface area contributed by atoms with Gasteiger partial charge in [-0.3, -0.25) is 0 Å². The van der Waals surface area contributed by atoms with Crippen LogP contribution in [0.1, 0.15) is 25.0 Å². The van der Waals surface area contributed by atoms with Crippen LogP contribution in [-0.2, 0) is 5.41 Å². The molecule has 0 unspecified atom stereocenters. The summed E-state index contributed by atoms with van der Waals surface area (Å²) >= 11 is 0. The molecule has 2 aromatic heterocycles. The number of hydrogen-bond donors (Lipinski definition) is 0. The van der Waals surface area contributed by atoms with Crippen LogP contribution in [0.4, 0.5) is 0 Å². The number of furan rings is 1. The van der Waals surface area contributed by atoms with E-state index in [1.54, 1.807) is 0 Å². The second kappa shape index (κ2) is 10.7. The SMILES string of the molecule is CC1(C)c2ccccc2-c2c1ccc1ccc3ccc4cc(-c5nc(-c6ccccc6)nc(-c6cccc7oc8ccccc8c67)n5)ccc4c3c21. The molecule has 0 saturated heterocycles. The fraction of sp³-hybridized carbons (Fsp3) is 0.0625. The van der Waals surface area contributed by atoms with E-state index in [0.29, 0.717) is 17.5 Å². The Morgan fingerprint density at radius 2 is 1.08 bits per heavy atom. The summed E-state index contributed by atoms with van der Waals surface area (Å²) in [7, 11) is 0. The molecule has 0 radical (unpaired) electrons. The Morgan fingerprint density at radius 1 is 0.423 bits per heavy atom. The van der Waals surface area contributed by atoms with E-state index in [2.05, 4.69) is 105 Å². The fourth-order valence-electron chi connectivity index (χ4n) is 8.60. The number of benzene rings is 8. The molecule has 0 bridgehead atoms. The molecule has 4 nitrogen and oxygen atoms in total. The van der Waals surface area contributed by atoms with Gasteiger partial charge in [0.1, 0.15) is 11.2 Å². The molecule has 0 aliphatic heterocycles. The molecule has 0 fully saturated rings. The highest BCUT2D eigenvalue weighted by atomic mass is 16.3. The average molecular weight is 666 g/mol. The molecule has 11 rings (SSSR count). The first-order chi connectivity index (χ1) is 25.5. The summed E-state index contributed by atoms with van der Waals surface area (Å²) in [4.78, 5) is 15.3. The average Bonchev–Trinajstić information content (AvgIpc) is 3.69. The van der Waals surface area contributed by atoms with Crippen molar-refractivity contribution in [1.29, 1.82) is 0 Å². The lowest BCUT2D eigenvalue weighted by atomic mass is 9.81. The molecule has 0 atom stereocenters. The molecule has 2 heterocycles. The maximum atomic E-state index is 6.25. The summed E-state index contributed by atoms with van der Waals surface area (Å²) in [6.07, 6.45) is 0. The second-order valence-corrected chi connectivity index (χ2v) is 14.4. The minimum atomic E-state index is -0.0695. The third kappa shape index (κ3) is 4.12. The lowest BCUT2D eigenvalue weighted by molar-refractivity contribution is 0.661. The van der Waals surface area contributed by atoms with Crippen molar-refractivity contribution in [2.45, 2.75) is 19.3 Å². The molecule has 0 N–H and O–H groups in total. The molecular formula is C48H31N3O. The zero-order valence-corrected chi connectivity index (χ0v) is 28.7. The van der Waals surface area contributed by atoms with Gasteiger partial charge in [0.2, 0.25) is 0 Å². The van der Waals surface area contributed by atoms with Gasteiger partial charge in [0, 0.05) is 32.9 Å². The van der Waals surface area contributed by atoms with E-state index in [-0.39, 0.29) is 5.41 Å². The lowest BCUT2D eigenvalue weighted by Crippen LogP contribution is -2.14. The molecule has 0 saturated carbocycles.